The summed E-state index contributed by atoms with van der Waals surface area (Å²) in [6.07, 6.45) is 1.50. The molecule has 0 spiro atoms. The lowest BCUT2D eigenvalue weighted by Gasteiger charge is -2.14. The second-order valence-corrected chi connectivity index (χ2v) is 27.4. The van der Waals surface area contributed by atoms with E-state index in [1.54, 1.807) is 7.05 Å². The van der Waals surface area contributed by atoms with E-state index in [2.05, 4.69) is 328 Å². The minimum Gasteiger partial charge on any atom is -0.278 e. The van der Waals surface area contributed by atoms with Crippen LogP contribution in [0.25, 0.3) is 220 Å². The predicted octanol–water partition coefficient (Wildman–Crippen LogP) is 24.2. The zero-order valence-electron chi connectivity index (χ0n) is 55.7. The summed E-state index contributed by atoms with van der Waals surface area (Å²) in [7, 11) is 1.69. The van der Waals surface area contributed by atoms with Gasteiger partial charge in [0.25, 0.3) is 0 Å². The van der Waals surface area contributed by atoms with E-state index in [0.29, 0.717) is 23.6 Å². The van der Waals surface area contributed by atoms with E-state index in [0.717, 1.165) is 76.6 Å². The Labute approximate surface area is 590 Å². The molecular weight excluding hydrogens is 1250 g/mol. The number of hydrogen-bond donors (Lipinski definition) is 0. The number of aromatic nitrogens is 5. The Morgan fingerprint density at radius 2 is 0.757 bits per heavy atom. The number of nitrogens with zero attached hydrogens (tertiary/aromatic N) is 8. The number of fused-ring (bicyclic) bond motifs is 20. The average molecular weight is 1310 g/mol. The lowest BCUT2D eigenvalue weighted by atomic mass is 9.89. The molecule has 0 saturated heterocycles. The van der Waals surface area contributed by atoms with Crippen molar-refractivity contribution in [3.05, 3.63) is 309 Å². The molecule has 0 fully saturated rings. The van der Waals surface area contributed by atoms with Crippen LogP contribution in [0.4, 0.5) is 0 Å². The van der Waals surface area contributed by atoms with Crippen molar-refractivity contribution in [3.63, 3.8) is 0 Å². The quantitative estimate of drug-likeness (QED) is 0.0657. The number of hydrogen-bond acceptors (Lipinski definition) is 4. The Hall–Kier alpha value is -13.8. The highest BCUT2D eigenvalue weighted by Crippen LogP contribution is 2.56. The molecule has 0 radical (unpaired) electrons. The molecule has 3 heterocycles. The van der Waals surface area contributed by atoms with Gasteiger partial charge in [-0.2, -0.15) is 15.0 Å². The van der Waals surface area contributed by atoms with E-state index in [1.807, 2.05) is 6.07 Å². The Kier molecular flexibility index (Phi) is 12.1. The van der Waals surface area contributed by atoms with E-state index in [9.17, 15) is 0 Å². The molecule has 0 N–H and O–H groups in total. The number of benzene rings is 17. The Morgan fingerprint density at radius 1 is 0.301 bits per heavy atom. The van der Waals surface area contributed by atoms with Gasteiger partial charge >= 0.3 is 0 Å². The second-order valence-electron chi connectivity index (χ2n) is 27.4. The molecule has 0 saturated carbocycles. The first-order valence-corrected chi connectivity index (χ1v) is 34.9. The maximum absolute atomic E-state index is 5.51. The summed E-state index contributed by atoms with van der Waals surface area (Å²) >= 11 is 0. The van der Waals surface area contributed by atoms with E-state index >= 15 is 0 Å². The van der Waals surface area contributed by atoms with E-state index in [-0.39, 0.29) is 0 Å². The first-order valence-electron chi connectivity index (χ1n) is 34.9. The topological polar surface area (TPSA) is 85.6 Å². The van der Waals surface area contributed by atoms with Crippen molar-refractivity contribution < 1.29 is 0 Å². The third kappa shape index (κ3) is 8.46. The summed E-state index contributed by atoms with van der Waals surface area (Å²) in [4.78, 5) is 29.0. The highest BCUT2D eigenvalue weighted by molar-refractivity contribution is 6.31. The van der Waals surface area contributed by atoms with Crippen LogP contribution in [0.2, 0.25) is 0 Å². The molecule has 0 bridgehead atoms. The van der Waals surface area contributed by atoms with Crippen LogP contribution in [-0.4, -0.2) is 50.0 Å². The van der Waals surface area contributed by atoms with Gasteiger partial charge in [0.15, 0.2) is 11.7 Å². The Balaban J connectivity index is 0.646. The number of aliphatic imine (C=N–C) groups is 3. The van der Waals surface area contributed by atoms with Gasteiger partial charge in [0, 0.05) is 39.7 Å². The molecule has 476 valence electrons. The van der Waals surface area contributed by atoms with Crippen molar-refractivity contribution in [3.8, 4) is 101 Å². The fourth-order valence-corrected chi connectivity index (χ4v) is 17.4. The number of para-hydroxylation sites is 4. The minimum atomic E-state index is 0.547. The smallest absolute Gasteiger partial charge is 0.240 e. The molecule has 0 aliphatic heterocycles. The molecule has 103 heavy (non-hydrogen) atoms. The standard InChI is InChI=1S/C95H56N8/c1-96-53-98-92(97-2)65-34-32-57-44-55(28-30-59(57)47-65)54-27-29-58-45-63(33-31-56(58)43-54)72-41-42-79-88-71-38-35-60(46-64(71)36-40-78(88)82-50-62-16-4-6-18-70(62)89(72)91(79)82)67-49-68-48-61-15-3-5-17-69(61)90-81-51-66(37-39-73(81)80(52-67)87(68)90)93-99-94(102-83-23-11-7-19-74(83)75-20-8-12-24-84(75)102)101-95(100-93)103-85-25-13-9-21-76(85)77-22-10-14-26-86(77)103/h3-53H,2H2,1H3/b96-53-,98-92-. The molecule has 17 aromatic carbocycles. The van der Waals surface area contributed by atoms with Crippen molar-refractivity contribution in [2.75, 3.05) is 7.05 Å². The number of amidine groups is 1. The third-order valence-corrected chi connectivity index (χ3v) is 21.9. The fourth-order valence-electron chi connectivity index (χ4n) is 17.4. The predicted molar refractivity (Wildman–Crippen MR) is 432 cm³/mol. The van der Waals surface area contributed by atoms with Gasteiger partial charge in [-0.15, -0.1) is 0 Å². The van der Waals surface area contributed by atoms with Crippen molar-refractivity contribution in [1.82, 2.24) is 24.1 Å². The van der Waals surface area contributed by atoms with E-state index in [1.165, 1.54) is 138 Å². The Morgan fingerprint density at radius 3 is 1.41 bits per heavy atom. The van der Waals surface area contributed by atoms with Crippen LogP contribution >= 0.6 is 0 Å². The minimum absolute atomic E-state index is 0.547. The molecular formula is C95H56N8. The monoisotopic (exact) mass is 1310 g/mol. The molecule has 0 unspecified atom stereocenters. The average Bonchev–Trinajstić information content (AvgIpc) is 1.57. The Bertz CT molecular complexity index is 7050. The van der Waals surface area contributed by atoms with Crippen LogP contribution in [0, 0.1) is 0 Å². The lowest BCUT2D eigenvalue weighted by Crippen LogP contribution is -2.10. The van der Waals surface area contributed by atoms with Crippen molar-refractivity contribution in [2.24, 2.45) is 15.0 Å². The van der Waals surface area contributed by atoms with Gasteiger partial charge in [-0.25, -0.2) is 9.98 Å². The summed E-state index contributed by atoms with van der Waals surface area (Å²) in [5, 5.41) is 21.6. The van der Waals surface area contributed by atoms with Gasteiger partial charge in [0.2, 0.25) is 11.9 Å². The summed E-state index contributed by atoms with van der Waals surface area (Å²) in [5.74, 6) is 2.25. The summed E-state index contributed by atoms with van der Waals surface area (Å²) in [6.45, 7) is 3.73. The first kappa shape index (κ1) is 57.1. The van der Waals surface area contributed by atoms with Crippen LogP contribution in [-0.2, 0) is 0 Å². The van der Waals surface area contributed by atoms with Crippen LogP contribution in [0.3, 0.4) is 0 Å². The summed E-state index contributed by atoms with van der Waals surface area (Å²) < 4.78 is 4.41. The van der Waals surface area contributed by atoms with E-state index < -0.39 is 0 Å². The molecule has 20 aromatic rings. The van der Waals surface area contributed by atoms with Gasteiger partial charge in [0.05, 0.1) is 22.1 Å². The molecule has 3 aromatic heterocycles. The lowest BCUT2D eigenvalue weighted by molar-refractivity contribution is 0.893. The molecule has 8 heteroatoms. The molecule has 22 rings (SSSR count). The zero-order chi connectivity index (χ0) is 67.7. The van der Waals surface area contributed by atoms with Gasteiger partial charge < -0.3 is 0 Å². The molecule has 0 amide bonds. The molecule has 2 aliphatic carbocycles. The van der Waals surface area contributed by atoms with Gasteiger partial charge in [-0.05, 0) is 245 Å². The van der Waals surface area contributed by atoms with Gasteiger partial charge in [0.1, 0.15) is 6.34 Å². The van der Waals surface area contributed by atoms with Gasteiger partial charge in [-0.1, -0.05) is 218 Å². The first-order chi connectivity index (χ1) is 50.9. The van der Waals surface area contributed by atoms with Crippen LogP contribution in [0.5, 0.6) is 0 Å². The van der Waals surface area contributed by atoms with Crippen molar-refractivity contribution >= 4 is 138 Å². The normalized spacial score (nSPS) is 12.6. The highest BCUT2D eigenvalue weighted by atomic mass is 15.3. The van der Waals surface area contributed by atoms with Crippen LogP contribution in [0.15, 0.2) is 318 Å². The highest BCUT2D eigenvalue weighted by Gasteiger charge is 2.30. The molecule has 8 nitrogen and oxygen atoms in total. The zero-order valence-corrected chi connectivity index (χ0v) is 55.7. The largest absolute Gasteiger partial charge is 0.278 e. The second kappa shape index (κ2) is 21.8. The number of rotatable bonds is 8. The maximum atomic E-state index is 5.51. The summed E-state index contributed by atoms with van der Waals surface area (Å²) in [5.41, 5.74) is 23.0. The van der Waals surface area contributed by atoms with Crippen LogP contribution in [0.1, 0.15) is 5.56 Å². The van der Waals surface area contributed by atoms with Crippen molar-refractivity contribution in [1.29, 1.82) is 0 Å². The van der Waals surface area contributed by atoms with Crippen molar-refractivity contribution in [2.45, 2.75) is 0 Å². The van der Waals surface area contributed by atoms with Gasteiger partial charge in [-0.3, -0.25) is 14.1 Å². The van der Waals surface area contributed by atoms with Crippen LogP contribution < -0.4 is 0 Å². The SMILES string of the molecule is C=N/C(=N\C=N/C)c1ccc2cc(-c3ccc4cc(-c5ccc6c7c(cc8ccccc8c57)-c5ccc7cc(-c8cc9c%10c(c%11ccccc%11cc%10c8)-c8cc(-c%10nc(-n%11c%12ccccc%12c%12ccccc%12%11)nc(-n%11c%12ccccc%12c%12ccccc%12%11)n%10)ccc8-9)ccc7c5-6)ccc4c3)ccc2c1. The summed E-state index contributed by atoms with van der Waals surface area (Å²) in [6, 6.07) is 112. The fraction of sp³-hybridized carbons (Fsp3) is 0.0105. The van der Waals surface area contributed by atoms with E-state index in [4.69, 9.17) is 15.0 Å². The maximum Gasteiger partial charge on any atom is 0.240 e. The molecule has 0 atom stereocenters. The molecule has 2 aliphatic rings. The third-order valence-electron chi connectivity index (χ3n) is 21.9.